The maximum absolute atomic E-state index is 12.4. The molecule has 2 N–H and O–H groups in total. The molecule has 0 aliphatic rings. The molecule has 0 radical (unpaired) electrons. The van der Waals surface area contributed by atoms with Gasteiger partial charge in [-0.1, -0.05) is 17.7 Å². The topological polar surface area (TPSA) is 74.8 Å². The highest BCUT2D eigenvalue weighted by Crippen LogP contribution is 2.31. The lowest BCUT2D eigenvalue weighted by Crippen LogP contribution is -2.15. The minimum absolute atomic E-state index is 0.0108. The number of benzene rings is 1. The van der Waals surface area contributed by atoms with Crippen LogP contribution in [0.15, 0.2) is 27.6 Å². The van der Waals surface area contributed by atoms with Crippen LogP contribution < -0.4 is 4.72 Å². The molecule has 1 aromatic heterocycles. The molecule has 0 spiro atoms. The molecule has 0 unspecified atom stereocenters. The van der Waals surface area contributed by atoms with Crippen molar-refractivity contribution < 1.29 is 8.42 Å². The standard InChI is InChI=1S/C11H11BrClN3O2S/c1-6-10(7(2)15-14-6)16-19(17,18)11-8(12)4-3-5-9(11)13/h3-5,16H,1-2H3,(H,14,15). The molecule has 0 atom stereocenters. The first kappa shape index (κ1) is 14.4. The number of H-pyrrole nitrogens is 1. The Morgan fingerprint density at radius 3 is 2.58 bits per heavy atom. The molecule has 1 heterocycles. The van der Waals surface area contributed by atoms with E-state index in [9.17, 15) is 8.42 Å². The van der Waals surface area contributed by atoms with Gasteiger partial charge in [0.1, 0.15) is 4.90 Å². The molecule has 2 rings (SSSR count). The molecule has 8 heteroatoms. The van der Waals surface area contributed by atoms with Crippen molar-refractivity contribution in [2.75, 3.05) is 4.72 Å². The third-order valence-electron chi connectivity index (χ3n) is 2.55. The second kappa shape index (κ2) is 5.15. The number of sulfonamides is 1. The molecule has 0 bridgehead atoms. The van der Waals surface area contributed by atoms with Crippen LogP contribution in [0.5, 0.6) is 0 Å². The van der Waals surface area contributed by atoms with Gasteiger partial charge in [0.15, 0.2) is 0 Å². The molecule has 0 saturated heterocycles. The highest BCUT2D eigenvalue weighted by atomic mass is 79.9. The van der Waals surface area contributed by atoms with E-state index in [1.54, 1.807) is 26.0 Å². The molecule has 19 heavy (non-hydrogen) atoms. The Kier molecular flexibility index (Phi) is 3.89. The van der Waals surface area contributed by atoms with Crippen molar-refractivity contribution in [3.05, 3.63) is 39.1 Å². The second-order valence-corrected chi connectivity index (χ2v) is 6.85. The molecular formula is C11H11BrClN3O2S. The van der Waals surface area contributed by atoms with Crippen molar-refractivity contribution in [1.29, 1.82) is 0 Å². The molecule has 0 saturated carbocycles. The highest BCUT2D eigenvalue weighted by Gasteiger charge is 2.23. The SMILES string of the molecule is Cc1n[nH]c(C)c1NS(=O)(=O)c1c(Cl)cccc1Br. The third kappa shape index (κ3) is 2.77. The van der Waals surface area contributed by atoms with Crippen molar-refractivity contribution in [2.45, 2.75) is 18.7 Å². The van der Waals surface area contributed by atoms with Gasteiger partial charge in [0, 0.05) is 4.47 Å². The molecule has 0 fully saturated rings. The van der Waals surface area contributed by atoms with E-state index in [0.717, 1.165) is 0 Å². The number of nitrogens with one attached hydrogen (secondary N) is 2. The van der Waals surface area contributed by atoms with E-state index in [-0.39, 0.29) is 9.92 Å². The van der Waals surface area contributed by atoms with Gasteiger partial charge in [-0.3, -0.25) is 9.82 Å². The van der Waals surface area contributed by atoms with E-state index in [2.05, 4.69) is 30.8 Å². The van der Waals surface area contributed by atoms with Gasteiger partial charge >= 0.3 is 0 Å². The van der Waals surface area contributed by atoms with Gasteiger partial charge in [-0.25, -0.2) is 8.42 Å². The Morgan fingerprint density at radius 2 is 2.05 bits per heavy atom. The normalized spacial score (nSPS) is 11.6. The summed E-state index contributed by atoms with van der Waals surface area (Å²) in [5.74, 6) is 0. The van der Waals surface area contributed by atoms with E-state index in [1.807, 2.05) is 0 Å². The molecule has 0 aliphatic heterocycles. The Morgan fingerprint density at radius 1 is 1.37 bits per heavy atom. The lowest BCUT2D eigenvalue weighted by Gasteiger charge is -2.11. The van der Waals surface area contributed by atoms with Crippen LogP contribution in [0.25, 0.3) is 0 Å². The molecule has 0 amide bonds. The monoisotopic (exact) mass is 363 g/mol. The Bertz CT molecular complexity index is 688. The van der Waals surface area contributed by atoms with Crippen LogP contribution in [0.3, 0.4) is 0 Å². The number of anilines is 1. The van der Waals surface area contributed by atoms with E-state index in [0.29, 0.717) is 21.5 Å². The van der Waals surface area contributed by atoms with Crippen molar-refractivity contribution in [3.8, 4) is 0 Å². The fraction of sp³-hybridized carbons (Fsp3) is 0.182. The predicted octanol–water partition coefficient (Wildman–Crippen LogP) is 3.24. The first-order chi connectivity index (χ1) is 8.83. The predicted molar refractivity (Wildman–Crippen MR) is 78.0 cm³/mol. The fourth-order valence-electron chi connectivity index (χ4n) is 1.63. The number of hydrogen-bond acceptors (Lipinski definition) is 3. The summed E-state index contributed by atoms with van der Waals surface area (Å²) in [5, 5.41) is 6.81. The molecule has 2 aromatic rings. The summed E-state index contributed by atoms with van der Waals surface area (Å²) in [4.78, 5) is 0.0108. The first-order valence-electron chi connectivity index (χ1n) is 5.31. The summed E-state index contributed by atoms with van der Waals surface area (Å²) < 4.78 is 27.7. The fourth-order valence-corrected chi connectivity index (χ4v) is 4.55. The number of aromatic amines is 1. The van der Waals surface area contributed by atoms with Crippen molar-refractivity contribution in [2.24, 2.45) is 0 Å². The Labute approximate surface area is 124 Å². The average Bonchev–Trinajstić information content (AvgIpc) is 2.60. The average molecular weight is 365 g/mol. The smallest absolute Gasteiger partial charge is 0.264 e. The van der Waals surface area contributed by atoms with Crippen LogP contribution in [0.1, 0.15) is 11.4 Å². The van der Waals surface area contributed by atoms with Crippen molar-refractivity contribution >= 4 is 43.2 Å². The van der Waals surface area contributed by atoms with Gasteiger partial charge in [-0.05, 0) is 41.9 Å². The van der Waals surface area contributed by atoms with E-state index < -0.39 is 10.0 Å². The number of hydrogen-bond donors (Lipinski definition) is 2. The number of aromatic nitrogens is 2. The zero-order valence-electron chi connectivity index (χ0n) is 10.2. The number of nitrogens with zero attached hydrogens (tertiary/aromatic N) is 1. The van der Waals surface area contributed by atoms with Gasteiger partial charge in [-0.15, -0.1) is 0 Å². The summed E-state index contributed by atoms with van der Waals surface area (Å²) in [6.45, 7) is 3.45. The Hall–Kier alpha value is -1.05. The number of halogens is 2. The zero-order valence-corrected chi connectivity index (χ0v) is 13.3. The second-order valence-electron chi connectivity index (χ2n) is 3.97. The molecule has 0 aliphatic carbocycles. The zero-order chi connectivity index (χ0) is 14.2. The lowest BCUT2D eigenvalue weighted by molar-refractivity contribution is 0.600. The van der Waals surface area contributed by atoms with Crippen LogP contribution in [0, 0.1) is 13.8 Å². The van der Waals surface area contributed by atoms with Crippen molar-refractivity contribution in [3.63, 3.8) is 0 Å². The first-order valence-corrected chi connectivity index (χ1v) is 7.96. The molecule has 5 nitrogen and oxygen atoms in total. The van der Waals surface area contributed by atoms with Crippen LogP contribution in [0.4, 0.5) is 5.69 Å². The summed E-state index contributed by atoms with van der Waals surface area (Å²) in [5.41, 5.74) is 1.65. The molecule has 1 aromatic carbocycles. The highest BCUT2D eigenvalue weighted by molar-refractivity contribution is 9.10. The van der Waals surface area contributed by atoms with E-state index in [4.69, 9.17) is 11.6 Å². The quantitative estimate of drug-likeness (QED) is 0.878. The maximum atomic E-state index is 12.4. The van der Waals surface area contributed by atoms with Crippen molar-refractivity contribution in [1.82, 2.24) is 10.2 Å². The third-order valence-corrected chi connectivity index (χ3v) is 5.35. The summed E-state index contributed by atoms with van der Waals surface area (Å²) in [7, 11) is -3.78. The summed E-state index contributed by atoms with van der Waals surface area (Å²) >= 11 is 9.16. The minimum Gasteiger partial charge on any atom is -0.280 e. The largest absolute Gasteiger partial charge is 0.280 e. The van der Waals surface area contributed by atoms with E-state index in [1.165, 1.54) is 6.07 Å². The van der Waals surface area contributed by atoms with Crippen LogP contribution >= 0.6 is 27.5 Å². The Balaban J connectivity index is 2.50. The lowest BCUT2D eigenvalue weighted by atomic mass is 10.3. The summed E-state index contributed by atoms with van der Waals surface area (Å²) in [6.07, 6.45) is 0. The van der Waals surface area contributed by atoms with Gasteiger partial charge in [0.25, 0.3) is 10.0 Å². The van der Waals surface area contributed by atoms with Gasteiger partial charge < -0.3 is 0 Å². The summed E-state index contributed by atoms with van der Waals surface area (Å²) in [6, 6.07) is 4.81. The van der Waals surface area contributed by atoms with Crippen LogP contribution in [-0.2, 0) is 10.0 Å². The van der Waals surface area contributed by atoms with Crippen LogP contribution in [-0.4, -0.2) is 18.6 Å². The number of rotatable bonds is 3. The van der Waals surface area contributed by atoms with Gasteiger partial charge in [-0.2, -0.15) is 5.10 Å². The van der Waals surface area contributed by atoms with Crippen LogP contribution in [0.2, 0.25) is 5.02 Å². The minimum atomic E-state index is -3.78. The maximum Gasteiger partial charge on any atom is 0.264 e. The van der Waals surface area contributed by atoms with E-state index >= 15 is 0 Å². The molecular weight excluding hydrogens is 354 g/mol. The number of aryl methyl sites for hydroxylation is 2. The molecule has 102 valence electrons. The van der Waals surface area contributed by atoms with Gasteiger partial charge in [0.05, 0.1) is 22.1 Å². The van der Waals surface area contributed by atoms with Gasteiger partial charge in [0.2, 0.25) is 0 Å².